The highest BCUT2D eigenvalue weighted by Crippen LogP contribution is 2.43. The van der Waals surface area contributed by atoms with Crippen molar-refractivity contribution in [3.05, 3.63) is 34.8 Å². The first-order valence-electron chi connectivity index (χ1n) is 8.07. The maximum atomic E-state index is 6.18. The molecule has 1 aliphatic carbocycles. The molecule has 4 rings (SSSR count). The first kappa shape index (κ1) is 13.0. The fourth-order valence-corrected chi connectivity index (χ4v) is 3.81. The molecule has 0 aliphatic heterocycles. The molecule has 0 saturated heterocycles. The Morgan fingerprint density at radius 3 is 1.57 bits per heavy atom. The van der Waals surface area contributed by atoms with Crippen molar-refractivity contribution in [1.82, 2.24) is 0 Å². The van der Waals surface area contributed by atoms with E-state index in [0.717, 1.165) is 35.5 Å². The van der Waals surface area contributed by atoms with Crippen molar-refractivity contribution in [3.8, 4) is 0 Å². The van der Waals surface area contributed by atoms with E-state index in [2.05, 4.69) is 39.8 Å². The molecule has 3 aromatic rings. The van der Waals surface area contributed by atoms with E-state index in [0.29, 0.717) is 11.8 Å². The van der Waals surface area contributed by atoms with Gasteiger partial charge >= 0.3 is 0 Å². The van der Waals surface area contributed by atoms with Crippen LogP contribution in [0.5, 0.6) is 0 Å². The minimum Gasteiger partial charge on any atom is -0.460 e. The topological polar surface area (TPSA) is 26.3 Å². The molecule has 1 aromatic carbocycles. The Balaban J connectivity index is 2.18. The lowest BCUT2D eigenvalue weighted by Gasteiger charge is -2.05. The monoisotopic (exact) mass is 282 g/mol. The molecule has 0 fully saturated rings. The van der Waals surface area contributed by atoms with Crippen molar-refractivity contribution in [2.75, 3.05) is 0 Å². The molecule has 0 saturated carbocycles. The van der Waals surface area contributed by atoms with Gasteiger partial charge in [-0.25, -0.2) is 0 Å². The van der Waals surface area contributed by atoms with Crippen molar-refractivity contribution in [2.24, 2.45) is 0 Å². The van der Waals surface area contributed by atoms with E-state index in [-0.39, 0.29) is 0 Å². The van der Waals surface area contributed by atoms with Crippen LogP contribution in [0.15, 0.2) is 21.0 Å². The SMILES string of the molecule is CC(C)c1oc2ccc3oc(C(C)C)c4c3c2c1CCC4. The van der Waals surface area contributed by atoms with Gasteiger partial charge in [0, 0.05) is 33.7 Å². The minimum atomic E-state index is 0.431. The Morgan fingerprint density at radius 1 is 0.762 bits per heavy atom. The second-order valence-corrected chi connectivity index (χ2v) is 6.86. The summed E-state index contributed by atoms with van der Waals surface area (Å²) in [6.45, 7) is 8.86. The normalized spacial score (nSPS) is 15.0. The van der Waals surface area contributed by atoms with Crippen molar-refractivity contribution in [1.29, 1.82) is 0 Å². The van der Waals surface area contributed by atoms with Crippen LogP contribution in [0.4, 0.5) is 0 Å². The summed E-state index contributed by atoms with van der Waals surface area (Å²) in [5, 5.41) is 2.64. The standard InChI is InChI=1S/C19H22O2/c1-10(2)18-12-6-5-7-13-17-15(21-19(13)11(3)4)9-8-14(20-18)16(12)17/h8-11H,5-7H2,1-4H3. The zero-order valence-corrected chi connectivity index (χ0v) is 13.2. The Kier molecular flexibility index (Phi) is 2.72. The van der Waals surface area contributed by atoms with Crippen LogP contribution in [-0.4, -0.2) is 0 Å². The lowest BCUT2D eigenvalue weighted by molar-refractivity contribution is 0.511. The highest BCUT2D eigenvalue weighted by atomic mass is 16.3. The number of benzene rings is 1. The fourth-order valence-electron chi connectivity index (χ4n) is 3.81. The molecular formula is C19H22O2. The van der Waals surface area contributed by atoms with Gasteiger partial charge in [0.2, 0.25) is 0 Å². The number of furan rings is 2. The quantitative estimate of drug-likeness (QED) is 0.583. The molecule has 0 spiro atoms. The van der Waals surface area contributed by atoms with E-state index in [1.165, 1.54) is 28.3 Å². The maximum absolute atomic E-state index is 6.18. The summed E-state index contributed by atoms with van der Waals surface area (Å²) in [6, 6.07) is 4.16. The summed E-state index contributed by atoms with van der Waals surface area (Å²) in [6.07, 6.45) is 3.41. The van der Waals surface area contributed by atoms with Gasteiger partial charge in [-0.3, -0.25) is 0 Å². The van der Waals surface area contributed by atoms with Crippen LogP contribution in [0, 0.1) is 0 Å². The third-order valence-corrected chi connectivity index (χ3v) is 4.67. The molecule has 0 bridgehead atoms. The average Bonchev–Trinajstić information content (AvgIpc) is 2.91. The van der Waals surface area contributed by atoms with Crippen LogP contribution in [0.3, 0.4) is 0 Å². The van der Waals surface area contributed by atoms with Gasteiger partial charge in [0.25, 0.3) is 0 Å². The zero-order chi connectivity index (χ0) is 14.7. The van der Waals surface area contributed by atoms with Crippen molar-refractivity contribution >= 4 is 21.9 Å². The van der Waals surface area contributed by atoms with Gasteiger partial charge in [0.15, 0.2) is 0 Å². The molecule has 1 aliphatic rings. The van der Waals surface area contributed by atoms with Gasteiger partial charge in [-0.15, -0.1) is 0 Å². The first-order valence-corrected chi connectivity index (χ1v) is 8.07. The first-order chi connectivity index (χ1) is 10.1. The molecule has 2 heterocycles. The minimum absolute atomic E-state index is 0.431. The van der Waals surface area contributed by atoms with Crippen LogP contribution in [-0.2, 0) is 12.8 Å². The molecule has 2 nitrogen and oxygen atoms in total. The van der Waals surface area contributed by atoms with Crippen molar-refractivity contribution < 1.29 is 8.83 Å². The molecule has 0 radical (unpaired) electrons. The third kappa shape index (κ3) is 1.71. The van der Waals surface area contributed by atoms with Gasteiger partial charge in [-0.1, -0.05) is 27.7 Å². The van der Waals surface area contributed by atoms with E-state index >= 15 is 0 Å². The second kappa shape index (κ2) is 4.40. The summed E-state index contributed by atoms with van der Waals surface area (Å²) >= 11 is 0. The number of aryl methyl sites for hydroxylation is 2. The predicted molar refractivity (Wildman–Crippen MR) is 86.2 cm³/mol. The van der Waals surface area contributed by atoms with E-state index < -0.39 is 0 Å². The second-order valence-electron chi connectivity index (χ2n) is 6.86. The molecule has 0 amide bonds. The van der Waals surface area contributed by atoms with Crippen LogP contribution in [0.25, 0.3) is 21.9 Å². The average molecular weight is 282 g/mol. The van der Waals surface area contributed by atoms with Gasteiger partial charge in [-0.05, 0) is 31.4 Å². The number of rotatable bonds is 2. The summed E-state index contributed by atoms with van der Waals surface area (Å²) in [4.78, 5) is 0. The van der Waals surface area contributed by atoms with Crippen LogP contribution in [0.2, 0.25) is 0 Å². The zero-order valence-electron chi connectivity index (χ0n) is 13.2. The highest BCUT2D eigenvalue weighted by molar-refractivity contribution is 6.08. The Labute approximate surface area is 125 Å². The van der Waals surface area contributed by atoms with Gasteiger partial charge in [0.05, 0.1) is 0 Å². The lowest BCUT2D eigenvalue weighted by Crippen LogP contribution is -1.94. The summed E-state index contributed by atoms with van der Waals surface area (Å²) in [5.74, 6) is 3.19. The fraction of sp³-hybridized carbons (Fsp3) is 0.474. The van der Waals surface area contributed by atoms with Gasteiger partial charge < -0.3 is 8.83 Å². The molecular weight excluding hydrogens is 260 g/mol. The molecule has 0 atom stereocenters. The Bertz CT molecular complexity index is 761. The largest absolute Gasteiger partial charge is 0.460 e. The van der Waals surface area contributed by atoms with E-state index in [1.807, 2.05) is 0 Å². The van der Waals surface area contributed by atoms with Crippen LogP contribution < -0.4 is 0 Å². The predicted octanol–water partition coefficient (Wildman–Crippen LogP) is 5.91. The Hall–Kier alpha value is -1.70. The van der Waals surface area contributed by atoms with Crippen LogP contribution in [0.1, 0.15) is 68.6 Å². The lowest BCUT2D eigenvalue weighted by atomic mass is 9.99. The number of hydrogen-bond donors (Lipinski definition) is 0. The summed E-state index contributed by atoms with van der Waals surface area (Å²) in [5.41, 5.74) is 4.89. The molecule has 2 aromatic heterocycles. The molecule has 110 valence electrons. The highest BCUT2D eigenvalue weighted by Gasteiger charge is 2.26. The van der Waals surface area contributed by atoms with Gasteiger partial charge in [-0.2, -0.15) is 0 Å². The van der Waals surface area contributed by atoms with E-state index in [9.17, 15) is 0 Å². The van der Waals surface area contributed by atoms with Gasteiger partial charge in [0.1, 0.15) is 22.7 Å². The molecule has 0 unspecified atom stereocenters. The number of hydrogen-bond acceptors (Lipinski definition) is 2. The summed E-state index contributed by atoms with van der Waals surface area (Å²) in [7, 11) is 0. The van der Waals surface area contributed by atoms with E-state index in [4.69, 9.17) is 8.83 Å². The Morgan fingerprint density at radius 2 is 1.19 bits per heavy atom. The molecule has 2 heteroatoms. The third-order valence-electron chi connectivity index (χ3n) is 4.67. The van der Waals surface area contributed by atoms with Crippen molar-refractivity contribution in [2.45, 2.75) is 58.8 Å². The van der Waals surface area contributed by atoms with Crippen LogP contribution >= 0.6 is 0 Å². The van der Waals surface area contributed by atoms with E-state index in [1.54, 1.807) is 0 Å². The maximum Gasteiger partial charge on any atom is 0.135 e. The van der Waals surface area contributed by atoms with Crippen molar-refractivity contribution in [3.63, 3.8) is 0 Å². The molecule has 21 heavy (non-hydrogen) atoms. The molecule has 0 N–H and O–H groups in total. The summed E-state index contributed by atoms with van der Waals surface area (Å²) < 4.78 is 12.4. The smallest absolute Gasteiger partial charge is 0.135 e.